The number of thiazole rings is 1. The molecule has 2 rings (SSSR count). The lowest BCUT2D eigenvalue weighted by Crippen LogP contribution is -2.47. The Morgan fingerprint density at radius 3 is 2.70 bits per heavy atom. The highest BCUT2D eigenvalue weighted by Crippen LogP contribution is 2.17. The van der Waals surface area contributed by atoms with E-state index in [2.05, 4.69) is 15.6 Å². The van der Waals surface area contributed by atoms with E-state index in [4.69, 9.17) is 0 Å². The fourth-order valence-electron chi connectivity index (χ4n) is 2.30. The summed E-state index contributed by atoms with van der Waals surface area (Å²) in [5.41, 5.74) is 1.10. The Morgan fingerprint density at radius 1 is 1.40 bits per heavy atom. The lowest BCUT2D eigenvalue weighted by atomic mass is 10.0. The third-order valence-electron chi connectivity index (χ3n) is 3.28. The molecule has 1 aliphatic heterocycles. The second-order valence-corrected chi connectivity index (χ2v) is 6.07. The van der Waals surface area contributed by atoms with E-state index in [9.17, 15) is 4.79 Å². The Kier molecular flexibility index (Phi) is 9.38. The summed E-state index contributed by atoms with van der Waals surface area (Å²) in [7, 11) is 0. The van der Waals surface area contributed by atoms with Crippen molar-refractivity contribution in [1.82, 2.24) is 15.6 Å². The van der Waals surface area contributed by atoms with Crippen LogP contribution in [0.3, 0.4) is 0 Å². The highest BCUT2D eigenvalue weighted by Gasteiger charge is 2.19. The quantitative estimate of drug-likeness (QED) is 0.885. The van der Waals surface area contributed by atoms with Gasteiger partial charge in [0.25, 0.3) is 0 Å². The first-order valence-electron chi connectivity index (χ1n) is 6.61. The van der Waals surface area contributed by atoms with Crippen molar-refractivity contribution in [2.75, 3.05) is 13.1 Å². The van der Waals surface area contributed by atoms with E-state index in [1.165, 1.54) is 11.3 Å². The molecule has 2 N–H and O–H groups in total. The van der Waals surface area contributed by atoms with Gasteiger partial charge < -0.3 is 10.6 Å². The van der Waals surface area contributed by atoms with Crippen molar-refractivity contribution in [3.8, 4) is 0 Å². The zero-order chi connectivity index (χ0) is 13.0. The van der Waals surface area contributed by atoms with Crippen LogP contribution in [0.15, 0.2) is 0 Å². The first-order valence-corrected chi connectivity index (χ1v) is 7.42. The van der Waals surface area contributed by atoms with Crippen molar-refractivity contribution in [3.05, 3.63) is 15.6 Å². The van der Waals surface area contributed by atoms with Crippen LogP contribution in [0.1, 0.15) is 34.8 Å². The minimum Gasteiger partial charge on any atom is -0.354 e. The van der Waals surface area contributed by atoms with Crippen molar-refractivity contribution in [3.63, 3.8) is 0 Å². The van der Waals surface area contributed by atoms with Crippen LogP contribution in [-0.2, 0) is 11.2 Å². The molecule has 7 heteroatoms. The van der Waals surface area contributed by atoms with Crippen molar-refractivity contribution in [2.24, 2.45) is 0 Å². The second kappa shape index (κ2) is 9.55. The fourth-order valence-corrected chi connectivity index (χ4v) is 3.24. The summed E-state index contributed by atoms with van der Waals surface area (Å²) < 4.78 is 0. The lowest BCUT2D eigenvalue weighted by Gasteiger charge is -2.22. The van der Waals surface area contributed by atoms with Crippen LogP contribution in [-0.4, -0.2) is 30.0 Å². The smallest absolute Gasteiger partial charge is 0.237 e. The number of nitrogens with one attached hydrogen (secondary N) is 2. The molecule has 0 aromatic carbocycles. The summed E-state index contributed by atoms with van der Waals surface area (Å²) in [5, 5.41) is 7.38. The summed E-state index contributed by atoms with van der Waals surface area (Å²) >= 11 is 1.72. The number of carbonyl (C=O) groups is 1. The van der Waals surface area contributed by atoms with Gasteiger partial charge in [-0.05, 0) is 33.2 Å². The summed E-state index contributed by atoms with van der Waals surface area (Å²) in [6.07, 6.45) is 4.18. The Morgan fingerprint density at radius 2 is 2.15 bits per heavy atom. The van der Waals surface area contributed by atoms with E-state index in [0.29, 0.717) is 6.54 Å². The summed E-state index contributed by atoms with van der Waals surface area (Å²) in [4.78, 5) is 17.6. The largest absolute Gasteiger partial charge is 0.354 e. The van der Waals surface area contributed by atoms with Gasteiger partial charge in [0.15, 0.2) is 0 Å². The Bertz CT molecular complexity index is 420. The van der Waals surface area contributed by atoms with Gasteiger partial charge in [0.05, 0.1) is 16.7 Å². The third-order valence-corrected chi connectivity index (χ3v) is 4.41. The van der Waals surface area contributed by atoms with Gasteiger partial charge in [0.2, 0.25) is 5.91 Å². The molecule has 1 fully saturated rings. The fraction of sp³-hybridized carbons (Fsp3) is 0.692. The van der Waals surface area contributed by atoms with Crippen LogP contribution in [0, 0.1) is 13.8 Å². The molecule has 1 atom stereocenters. The number of nitrogens with zero attached hydrogens (tertiary/aromatic N) is 1. The van der Waals surface area contributed by atoms with Gasteiger partial charge in [0, 0.05) is 17.8 Å². The number of hydrogen-bond donors (Lipinski definition) is 2. The zero-order valence-corrected chi connectivity index (χ0v) is 14.3. The topological polar surface area (TPSA) is 54.0 Å². The zero-order valence-electron chi connectivity index (χ0n) is 11.9. The van der Waals surface area contributed by atoms with Crippen LogP contribution in [0.25, 0.3) is 0 Å². The average molecular weight is 340 g/mol. The molecule has 1 aliphatic rings. The standard InChI is InChI=1S/C13H21N3OS.2ClH/c1-9-12(18-10(2)16-9)6-8-15-13(17)11-5-3-4-7-14-11;;/h11,14H,3-8H2,1-2H3,(H,15,17);2*1H/t11-;;/m1../s1. The molecular formula is C13H23Cl2N3OS. The molecule has 2 heterocycles. The second-order valence-electron chi connectivity index (χ2n) is 4.78. The number of halogens is 2. The van der Waals surface area contributed by atoms with Gasteiger partial charge in [-0.15, -0.1) is 36.2 Å². The van der Waals surface area contributed by atoms with Gasteiger partial charge >= 0.3 is 0 Å². The number of carbonyl (C=O) groups excluding carboxylic acids is 1. The molecule has 1 aromatic rings. The summed E-state index contributed by atoms with van der Waals surface area (Å²) in [5.74, 6) is 0.147. The molecule has 1 aromatic heterocycles. The Labute approximate surface area is 137 Å². The molecule has 20 heavy (non-hydrogen) atoms. The number of aromatic nitrogens is 1. The van der Waals surface area contributed by atoms with E-state index >= 15 is 0 Å². The third kappa shape index (κ3) is 5.56. The number of amides is 1. The summed E-state index contributed by atoms with van der Waals surface area (Å²) in [6, 6.07) is 0.0167. The molecule has 0 saturated carbocycles. The number of aryl methyl sites for hydroxylation is 2. The normalized spacial score (nSPS) is 17.8. The van der Waals surface area contributed by atoms with Crippen molar-refractivity contribution in [2.45, 2.75) is 45.6 Å². The predicted molar refractivity (Wildman–Crippen MR) is 88.4 cm³/mol. The first kappa shape index (κ1) is 19.6. The van der Waals surface area contributed by atoms with Gasteiger partial charge in [-0.25, -0.2) is 4.98 Å². The highest BCUT2D eigenvalue weighted by atomic mass is 35.5. The molecule has 116 valence electrons. The number of hydrogen-bond acceptors (Lipinski definition) is 4. The summed E-state index contributed by atoms with van der Waals surface area (Å²) in [6.45, 7) is 5.72. The van der Waals surface area contributed by atoms with Crippen LogP contribution in [0.5, 0.6) is 0 Å². The van der Waals surface area contributed by atoms with E-state index in [-0.39, 0.29) is 36.8 Å². The van der Waals surface area contributed by atoms with Crippen LogP contribution in [0.2, 0.25) is 0 Å². The predicted octanol–water partition coefficient (Wildman–Crippen LogP) is 2.40. The molecule has 4 nitrogen and oxygen atoms in total. The molecule has 0 radical (unpaired) electrons. The lowest BCUT2D eigenvalue weighted by molar-refractivity contribution is -0.123. The molecule has 1 amide bonds. The minimum atomic E-state index is 0. The van der Waals surface area contributed by atoms with Crippen LogP contribution < -0.4 is 10.6 Å². The highest BCUT2D eigenvalue weighted by molar-refractivity contribution is 7.11. The number of piperidine rings is 1. The van der Waals surface area contributed by atoms with Crippen molar-refractivity contribution < 1.29 is 4.79 Å². The molecule has 0 aliphatic carbocycles. The number of rotatable bonds is 4. The van der Waals surface area contributed by atoms with E-state index in [1.807, 2.05) is 13.8 Å². The van der Waals surface area contributed by atoms with Gasteiger partial charge in [-0.1, -0.05) is 6.42 Å². The van der Waals surface area contributed by atoms with Crippen LogP contribution in [0.4, 0.5) is 0 Å². The Balaban J connectivity index is 0.00000180. The molecular weight excluding hydrogens is 317 g/mol. The maximum Gasteiger partial charge on any atom is 0.237 e. The Hall–Kier alpha value is -0.360. The van der Waals surface area contributed by atoms with Crippen LogP contribution >= 0.6 is 36.2 Å². The van der Waals surface area contributed by atoms with Gasteiger partial charge in [-0.2, -0.15) is 0 Å². The van der Waals surface area contributed by atoms with Crippen molar-refractivity contribution >= 4 is 42.1 Å². The maximum absolute atomic E-state index is 11.9. The SMILES string of the molecule is Cc1nc(C)c(CCNC(=O)[C@H]2CCCCN2)s1.Cl.Cl. The maximum atomic E-state index is 11.9. The van der Waals surface area contributed by atoms with Gasteiger partial charge in [0.1, 0.15) is 0 Å². The molecule has 0 unspecified atom stereocenters. The average Bonchev–Trinajstić information content (AvgIpc) is 2.69. The monoisotopic (exact) mass is 339 g/mol. The van der Waals surface area contributed by atoms with Gasteiger partial charge in [-0.3, -0.25) is 4.79 Å². The van der Waals surface area contributed by atoms with E-state index < -0.39 is 0 Å². The minimum absolute atomic E-state index is 0. The molecule has 0 bridgehead atoms. The molecule has 0 spiro atoms. The van der Waals surface area contributed by atoms with Crippen molar-refractivity contribution in [1.29, 1.82) is 0 Å². The van der Waals surface area contributed by atoms with E-state index in [0.717, 1.165) is 36.5 Å². The molecule has 1 saturated heterocycles. The first-order chi connectivity index (χ1) is 8.66. The van der Waals surface area contributed by atoms with E-state index in [1.54, 1.807) is 11.3 Å².